The summed E-state index contributed by atoms with van der Waals surface area (Å²) in [6.07, 6.45) is 0. The predicted molar refractivity (Wildman–Crippen MR) is 67.4 cm³/mol. The standard InChI is InChI=1S/3C4H8O2.Ce/c3*1-3(2)4(5)6;/h3*3H,1-2H3,(H,5,6);. The topological polar surface area (TPSA) is 112 Å². The van der Waals surface area contributed by atoms with Gasteiger partial charge in [-0.1, -0.05) is 41.5 Å². The molecule has 19 heavy (non-hydrogen) atoms. The second-order valence-corrected chi connectivity index (χ2v) is 4.48. The van der Waals surface area contributed by atoms with E-state index in [4.69, 9.17) is 15.3 Å². The van der Waals surface area contributed by atoms with Gasteiger partial charge in [0.15, 0.2) is 0 Å². The van der Waals surface area contributed by atoms with E-state index in [1.165, 1.54) is 0 Å². The summed E-state index contributed by atoms with van der Waals surface area (Å²) in [6.45, 7) is 9.85. The molecule has 0 heterocycles. The molecule has 0 aromatic heterocycles. The maximum absolute atomic E-state index is 9.70. The third-order valence-corrected chi connectivity index (χ3v) is 1.48. The normalized spacial score (nSPS) is 8.68. The van der Waals surface area contributed by atoms with Crippen LogP contribution in [0.15, 0.2) is 0 Å². The SMILES string of the molecule is CC(C)C(=O)O.CC(C)C(=O)O.CC(C)C(=O)O.[Ce]. The van der Waals surface area contributed by atoms with Crippen molar-refractivity contribution in [3.05, 3.63) is 0 Å². The molecule has 0 saturated carbocycles. The van der Waals surface area contributed by atoms with Crippen LogP contribution in [0.3, 0.4) is 0 Å². The van der Waals surface area contributed by atoms with Gasteiger partial charge in [0, 0.05) is 41.7 Å². The van der Waals surface area contributed by atoms with Crippen molar-refractivity contribution in [2.75, 3.05) is 0 Å². The molecule has 0 aromatic carbocycles. The third kappa shape index (κ3) is 31.9. The summed E-state index contributed by atoms with van der Waals surface area (Å²) in [5.41, 5.74) is 0. The molecule has 112 valence electrons. The first-order valence-corrected chi connectivity index (χ1v) is 5.61. The Morgan fingerprint density at radius 3 is 0.632 bits per heavy atom. The van der Waals surface area contributed by atoms with Crippen molar-refractivity contribution in [2.24, 2.45) is 17.8 Å². The zero-order valence-corrected chi connectivity index (χ0v) is 15.4. The van der Waals surface area contributed by atoms with E-state index in [0.29, 0.717) is 0 Å². The van der Waals surface area contributed by atoms with E-state index in [-0.39, 0.29) is 59.5 Å². The molecule has 0 amide bonds. The summed E-state index contributed by atoms with van der Waals surface area (Å²) < 4.78 is 0. The van der Waals surface area contributed by atoms with Crippen LogP contribution < -0.4 is 0 Å². The largest absolute Gasteiger partial charge is 0.481 e. The van der Waals surface area contributed by atoms with Crippen LogP contribution in [0.5, 0.6) is 0 Å². The van der Waals surface area contributed by atoms with Crippen molar-refractivity contribution in [3.63, 3.8) is 0 Å². The molecule has 0 aliphatic rings. The monoisotopic (exact) mass is 404 g/mol. The second kappa shape index (κ2) is 15.8. The molecule has 0 aliphatic heterocycles. The fraction of sp³-hybridized carbons (Fsp3) is 0.750. The van der Waals surface area contributed by atoms with Crippen LogP contribution in [-0.4, -0.2) is 33.2 Å². The molecular weight excluding hydrogens is 380 g/mol. The Kier molecular flexibility index (Phi) is 22.7. The zero-order chi connectivity index (χ0) is 15.5. The summed E-state index contributed by atoms with van der Waals surface area (Å²) in [4.78, 5) is 29.1. The van der Waals surface area contributed by atoms with Gasteiger partial charge in [-0.15, -0.1) is 0 Å². The summed E-state index contributed by atoms with van der Waals surface area (Å²) >= 11 is 0. The number of hydrogen-bond donors (Lipinski definition) is 3. The van der Waals surface area contributed by atoms with Crippen molar-refractivity contribution in [2.45, 2.75) is 41.5 Å². The van der Waals surface area contributed by atoms with Crippen LogP contribution >= 0.6 is 0 Å². The van der Waals surface area contributed by atoms with Gasteiger partial charge < -0.3 is 15.3 Å². The second-order valence-electron chi connectivity index (χ2n) is 4.48. The number of carboxylic acids is 3. The Hall–Kier alpha value is -0.213. The van der Waals surface area contributed by atoms with Crippen molar-refractivity contribution in [1.29, 1.82) is 0 Å². The fourth-order valence-electron chi connectivity index (χ4n) is 0. The quantitative estimate of drug-likeness (QED) is 0.665. The van der Waals surface area contributed by atoms with Crippen LogP contribution in [0, 0.1) is 59.5 Å². The fourth-order valence-corrected chi connectivity index (χ4v) is 0. The van der Waals surface area contributed by atoms with Gasteiger partial charge in [-0.05, 0) is 0 Å². The molecule has 0 radical (unpaired) electrons. The smallest absolute Gasteiger partial charge is 0.305 e. The molecular formula is C12H24CeO6. The van der Waals surface area contributed by atoms with Crippen molar-refractivity contribution in [1.82, 2.24) is 0 Å². The number of aliphatic carboxylic acids is 3. The minimum absolute atomic E-state index is 0. The van der Waals surface area contributed by atoms with E-state index in [0.717, 1.165) is 0 Å². The Balaban J connectivity index is -0.0000000865. The molecule has 6 nitrogen and oxygen atoms in total. The van der Waals surface area contributed by atoms with Crippen LogP contribution in [0.4, 0.5) is 0 Å². The number of hydrogen-bond acceptors (Lipinski definition) is 3. The van der Waals surface area contributed by atoms with E-state index >= 15 is 0 Å². The Bertz CT molecular complexity index is 218. The molecule has 3 N–H and O–H groups in total. The first-order valence-electron chi connectivity index (χ1n) is 5.61. The van der Waals surface area contributed by atoms with Crippen molar-refractivity contribution < 1.29 is 71.5 Å². The maximum atomic E-state index is 9.70. The van der Waals surface area contributed by atoms with Gasteiger partial charge in [0.2, 0.25) is 0 Å². The van der Waals surface area contributed by atoms with E-state index in [9.17, 15) is 14.4 Å². The summed E-state index contributed by atoms with van der Waals surface area (Å²) in [6, 6.07) is 0. The molecule has 0 unspecified atom stereocenters. The first-order chi connectivity index (χ1) is 7.93. The van der Waals surface area contributed by atoms with E-state index in [1.54, 1.807) is 41.5 Å². The van der Waals surface area contributed by atoms with E-state index in [2.05, 4.69) is 0 Å². The number of carbonyl (C=O) groups is 3. The van der Waals surface area contributed by atoms with Crippen molar-refractivity contribution >= 4 is 17.9 Å². The maximum Gasteiger partial charge on any atom is 0.305 e. The molecule has 0 bridgehead atoms. The predicted octanol–water partition coefficient (Wildman–Crippen LogP) is 2.18. The van der Waals surface area contributed by atoms with E-state index < -0.39 is 17.9 Å². The summed E-state index contributed by atoms with van der Waals surface area (Å²) in [5.74, 6) is -2.92. The Labute approximate surface area is 148 Å². The van der Waals surface area contributed by atoms with Crippen molar-refractivity contribution in [3.8, 4) is 0 Å². The minimum atomic E-state index is -0.741. The van der Waals surface area contributed by atoms with Gasteiger partial charge in [0.1, 0.15) is 0 Å². The van der Waals surface area contributed by atoms with Gasteiger partial charge in [-0.25, -0.2) is 0 Å². The Morgan fingerprint density at radius 2 is 0.632 bits per heavy atom. The molecule has 0 atom stereocenters. The molecule has 7 heteroatoms. The number of rotatable bonds is 3. The molecule has 0 aromatic rings. The number of carboxylic acid groups (broad SMARTS) is 3. The van der Waals surface area contributed by atoms with Crippen LogP contribution in [0.2, 0.25) is 0 Å². The van der Waals surface area contributed by atoms with Gasteiger partial charge in [0.25, 0.3) is 0 Å². The van der Waals surface area contributed by atoms with Gasteiger partial charge in [-0.2, -0.15) is 0 Å². The first kappa shape index (κ1) is 27.2. The Morgan fingerprint density at radius 1 is 0.579 bits per heavy atom. The summed E-state index contributed by atoms with van der Waals surface area (Å²) in [7, 11) is 0. The zero-order valence-electron chi connectivity index (χ0n) is 12.3. The summed E-state index contributed by atoms with van der Waals surface area (Å²) in [5, 5.41) is 24.0. The van der Waals surface area contributed by atoms with Gasteiger partial charge in [-0.3, -0.25) is 14.4 Å². The van der Waals surface area contributed by atoms with Crippen LogP contribution in [-0.2, 0) is 14.4 Å². The van der Waals surface area contributed by atoms with Crippen LogP contribution in [0.1, 0.15) is 41.5 Å². The van der Waals surface area contributed by atoms with Crippen LogP contribution in [0.25, 0.3) is 0 Å². The van der Waals surface area contributed by atoms with Gasteiger partial charge in [0.05, 0.1) is 17.8 Å². The third-order valence-electron chi connectivity index (χ3n) is 1.48. The van der Waals surface area contributed by atoms with Gasteiger partial charge >= 0.3 is 17.9 Å². The molecule has 0 saturated heterocycles. The average Bonchev–Trinajstić information content (AvgIpc) is 2.18. The molecule has 0 aliphatic carbocycles. The van der Waals surface area contributed by atoms with E-state index in [1.807, 2.05) is 0 Å². The minimum Gasteiger partial charge on any atom is -0.481 e. The molecule has 0 spiro atoms. The molecule has 0 fully saturated rings. The average molecular weight is 404 g/mol. The molecule has 0 rings (SSSR count).